The molecule has 7 nitrogen and oxygen atoms in total. The van der Waals surface area contributed by atoms with E-state index >= 15 is 0 Å². The fraction of sp³-hybridized carbons (Fsp3) is 0.350. The monoisotopic (exact) mass is 398 g/mol. The highest BCUT2D eigenvalue weighted by Crippen LogP contribution is 2.46. The van der Waals surface area contributed by atoms with Crippen LogP contribution in [0.2, 0.25) is 0 Å². The highest BCUT2D eigenvalue weighted by atomic mass is 32.2. The van der Waals surface area contributed by atoms with Gasteiger partial charge in [-0.15, -0.1) is 0 Å². The van der Waals surface area contributed by atoms with Gasteiger partial charge in [-0.05, 0) is 49.3 Å². The van der Waals surface area contributed by atoms with E-state index < -0.39 is 10.0 Å². The number of nitrogens with two attached hydrogens (primary N) is 1. The van der Waals surface area contributed by atoms with Gasteiger partial charge in [0.2, 0.25) is 0 Å². The number of aliphatic hydroxyl groups excluding tert-OH is 1. The van der Waals surface area contributed by atoms with Crippen molar-refractivity contribution in [3.05, 3.63) is 48.8 Å². The Morgan fingerprint density at radius 1 is 1.11 bits per heavy atom. The first-order valence-electron chi connectivity index (χ1n) is 9.46. The SMILES string of the molecule is Nc1cnc2c(ccn2S(=O)(=O)c2ccccc2)c1N[C@@H]1C[C@@H]2C[C@H]1C[C@H]2O. The molecule has 8 heteroatoms. The minimum atomic E-state index is -3.74. The quantitative estimate of drug-likeness (QED) is 0.623. The van der Waals surface area contributed by atoms with Crippen LogP contribution in [0.15, 0.2) is 53.7 Å². The van der Waals surface area contributed by atoms with Crippen molar-refractivity contribution < 1.29 is 13.5 Å². The van der Waals surface area contributed by atoms with Gasteiger partial charge in [-0.3, -0.25) is 0 Å². The van der Waals surface area contributed by atoms with Gasteiger partial charge in [0, 0.05) is 17.6 Å². The first-order valence-corrected chi connectivity index (χ1v) is 10.9. The topological polar surface area (TPSA) is 110 Å². The standard InChI is InChI=1S/C20H22N4O3S/c21-16-11-22-20-15(19(16)23-17-9-13-8-12(17)10-18(13)25)6-7-24(20)28(26,27)14-4-2-1-3-5-14/h1-7,11-13,17-18,25H,8-10,21H2,(H,22,23)/t12-,13-,17+,18+/m0/s1. The van der Waals surface area contributed by atoms with Crippen molar-refractivity contribution in [3.8, 4) is 0 Å². The predicted octanol–water partition coefficient (Wildman–Crippen LogP) is 2.43. The van der Waals surface area contributed by atoms with E-state index in [1.807, 2.05) is 0 Å². The van der Waals surface area contributed by atoms with Gasteiger partial charge in [0.25, 0.3) is 10.0 Å². The second-order valence-corrected chi connectivity index (χ2v) is 9.62. The van der Waals surface area contributed by atoms with Crippen molar-refractivity contribution in [1.29, 1.82) is 0 Å². The molecule has 2 heterocycles. The van der Waals surface area contributed by atoms with E-state index in [9.17, 15) is 13.5 Å². The molecule has 0 radical (unpaired) electrons. The summed E-state index contributed by atoms with van der Waals surface area (Å²) in [4.78, 5) is 4.52. The summed E-state index contributed by atoms with van der Waals surface area (Å²) in [6, 6.07) is 10.3. The molecule has 2 fully saturated rings. The summed E-state index contributed by atoms with van der Waals surface area (Å²) in [5.41, 5.74) is 7.75. The van der Waals surface area contributed by atoms with Crippen molar-refractivity contribution in [1.82, 2.24) is 8.96 Å². The molecule has 5 rings (SSSR count). The molecule has 0 saturated heterocycles. The molecule has 0 spiro atoms. The summed E-state index contributed by atoms with van der Waals surface area (Å²) in [6.07, 6.45) is 5.56. The van der Waals surface area contributed by atoms with Crippen LogP contribution in [0, 0.1) is 11.8 Å². The van der Waals surface area contributed by atoms with Gasteiger partial charge in [-0.1, -0.05) is 18.2 Å². The number of benzene rings is 1. The van der Waals surface area contributed by atoms with E-state index in [4.69, 9.17) is 5.73 Å². The predicted molar refractivity (Wildman–Crippen MR) is 107 cm³/mol. The Morgan fingerprint density at radius 3 is 2.57 bits per heavy atom. The molecule has 2 saturated carbocycles. The van der Waals surface area contributed by atoms with Crippen LogP contribution in [0.1, 0.15) is 19.3 Å². The number of nitrogens with one attached hydrogen (secondary N) is 1. The Kier molecular flexibility index (Phi) is 3.89. The summed E-state index contributed by atoms with van der Waals surface area (Å²) in [7, 11) is -3.74. The molecule has 1 aromatic carbocycles. The Hall–Kier alpha value is -2.58. The summed E-state index contributed by atoms with van der Waals surface area (Å²) < 4.78 is 27.3. The molecule has 2 bridgehead atoms. The van der Waals surface area contributed by atoms with Crippen LogP contribution >= 0.6 is 0 Å². The van der Waals surface area contributed by atoms with E-state index in [0.717, 1.165) is 24.9 Å². The van der Waals surface area contributed by atoms with E-state index in [1.54, 1.807) is 36.4 Å². The van der Waals surface area contributed by atoms with Gasteiger partial charge in [0.1, 0.15) is 0 Å². The zero-order valence-electron chi connectivity index (χ0n) is 15.2. The van der Waals surface area contributed by atoms with Crippen molar-refractivity contribution in [2.45, 2.75) is 36.3 Å². The van der Waals surface area contributed by atoms with Crippen LogP contribution in [-0.2, 0) is 10.0 Å². The lowest BCUT2D eigenvalue weighted by atomic mass is 9.93. The van der Waals surface area contributed by atoms with Gasteiger partial charge in [0.05, 0.1) is 28.6 Å². The maximum absolute atomic E-state index is 13.0. The Bertz CT molecular complexity index is 1140. The van der Waals surface area contributed by atoms with Gasteiger partial charge in [-0.25, -0.2) is 17.4 Å². The molecule has 28 heavy (non-hydrogen) atoms. The summed E-state index contributed by atoms with van der Waals surface area (Å²) in [5.74, 6) is 0.752. The molecule has 2 aliphatic carbocycles. The lowest BCUT2D eigenvalue weighted by Crippen LogP contribution is -2.31. The third-order valence-electron chi connectivity index (χ3n) is 6.16. The maximum atomic E-state index is 13.0. The Balaban J connectivity index is 1.55. The number of hydrogen-bond donors (Lipinski definition) is 3. The number of fused-ring (bicyclic) bond motifs is 3. The van der Waals surface area contributed by atoms with E-state index in [0.29, 0.717) is 28.6 Å². The molecule has 0 unspecified atom stereocenters. The molecule has 0 aliphatic heterocycles. The smallest absolute Gasteiger partial charge is 0.269 e. The first-order chi connectivity index (χ1) is 13.4. The molecule has 0 amide bonds. The second-order valence-electron chi connectivity index (χ2n) is 7.80. The summed E-state index contributed by atoms with van der Waals surface area (Å²) >= 11 is 0. The van der Waals surface area contributed by atoms with E-state index in [1.165, 1.54) is 16.4 Å². The number of aliphatic hydroxyl groups is 1. The molecule has 2 aliphatic rings. The lowest BCUT2D eigenvalue weighted by Gasteiger charge is -2.27. The first kappa shape index (κ1) is 17.5. The van der Waals surface area contributed by atoms with Crippen LogP contribution < -0.4 is 11.1 Å². The average Bonchev–Trinajstić information content (AvgIpc) is 3.38. The molecular weight excluding hydrogens is 376 g/mol. The summed E-state index contributed by atoms with van der Waals surface area (Å²) in [5, 5.41) is 14.2. The number of hydrogen-bond acceptors (Lipinski definition) is 6. The van der Waals surface area contributed by atoms with Gasteiger partial charge in [-0.2, -0.15) is 0 Å². The second kappa shape index (κ2) is 6.22. The molecule has 2 aromatic heterocycles. The number of nitrogens with zero attached hydrogens (tertiary/aromatic N) is 2. The van der Waals surface area contributed by atoms with Crippen molar-refractivity contribution in [2.24, 2.45) is 11.8 Å². The van der Waals surface area contributed by atoms with Gasteiger partial charge >= 0.3 is 0 Å². The van der Waals surface area contributed by atoms with Crippen LogP contribution in [0.25, 0.3) is 11.0 Å². The van der Waals surface area contributed by atoms with Crippen LogP contribution in [0.3, 0.4) is 0 Å². The molecule has 4 atom stereocenters. The van der Waals surface area contributed by atoms with E-state index in [2.05, 4.69) is 10.3 Å². The van der Waals surface area contributed by atoms with Gasteiger partial charge in [0.15, 0.2) is 5.65 Å². The molecular formula is C20H22N4O3S. The molecule has 146 valence electrons. The number of rotatable bonds is 4. The molecule has 4 N–H and O–H groups in total. The Labute approximate surface area is 163 Å². The third kappa shape index (κ3) is 2.59. The highest BCUT2D eigenvalue weighted by molar-refractivity contribution is 7.90. The minimum Gasteiger partial charge on any atom is -0.396 e. The molecule has 3 aromatic rings. The van der Waals surface area contributed by atoms with Crippen LogP contribution in [-0.4, -0.2) is 34.6 Å². The number of nitrogen functional groups attached to an aromatic ring is 1. The third-order valence-corrected chi connectivity index (χ3v) is 7.84. The van der Waals surface area contributed by atoms with Crippen molar-refractivity contribution in [2.75, 3.05) is 11.1 Å². The minimum absolute atomic E-state index is 0.199. The van der Waals surface area contributed by atoms with E-state index in [-0.39, 0.29) is 17.0 Å². The van der Waals surface area contributed by atoms with Gasteiger partial charge < -0.3 is 16.2 Å². The number of anilines is 2. The van der Waals surface area contributed by atoms with Crippen LogP contribution in [0.4, 0.5) is 11.4 Å². The normalized spacial score (nSPS) is 26.8. The van der Waals surface area contributed by atoms with Crippen molar-refractivity contribution >= 4 is 32.4 Å². The maximum Gasteiger partial charge on any atom is 0.269 e. The van der Waals surface area contributed by atoms with Crippen LogP contribution in [0.5, 0.6) is 0 Å². The van der Waals surface area contributed by atoms with Crippen molar-refractivity contribution in [3.63, 3.8) is 0 Å². The largest absolute Gasteiger partial charge is 0.396 e. The fourth-order valence-corrected chi connectivity index (χ4v) is 6.07. The highest BCUT2D eigenvalue weighted by Gasteiger charge is 2.45. The Morgan fingerprint density at radius 2 is 1.89 bits per heavy atom. The zero-order chi connectivity index (χ0) is 19.5. The summed E-state index contributed by atoms with van der Waals surface area (Å²) in [6.45, 7) is 0. The average molecular weight is 398 g/mol. The number of aromatic nitrogens is 2. The fourth-order valence-electron chi connectivity index (χ4n) is 4.75. The number of pyridine rings is 1. The lowest BCUT2D eigenvalue weighted by molar-refractivity contribution is 0.110. The zero-order valence-corrected chi connectivity index (χ0v) is 16.0.